The predicted octanol–water partition coefficient (Wildman–Crippen LogP) is 3.25. The zero-order valence-electron chi connectivity index (χ0n) is 19.5. The van der Waals surface area contributed by atoms with E-state index in [-0.39, 0.29) is 11.7 Å². The number of rotatable bonds is 7. The van der Waals surface area contributed by atoms with E-state index in [9.17, 15) is 4.79 Å². The summed E-state index contributed by atoms with van der Waals surface area (Å²) in [5, 5.41) is 10.3. The molecule has 1 saturated heterocycles. The smallest absolute Gasteiger partial charge is 0.277 e. The van der Waals surface area contributed by atoms with E-state index in [1.807, 2.05) is 56.4 Å². The summed E-state index contributed by atoms with van der Waals surface area (Å²) in [5.41, 5.74) is 1.88. The summed E-state index contributed by atoms with van der Waals surface area (Å²) in [6.07, 6.45) is 1.60. The van der Waals surface area contributed by atoms with Gasteiger partial charge in [-0.3, -0.25) is 9.36 Å². The van der Waals surface area contributed by atoms with Gasteiger partial charge in [0.15, 0.2) is 0 Å². The van der Waals surface area contributed by atoms with Crippen LogP contribution in [-0.4, -0.2) is 54.4 Å². The highest BCUT2D eigenvalue weighted by Crippen LogP contribution is 2.36. The highest BCUT2D eigenvalue weighted by Gasteiger charge is 2.48. The van der Waals surface area contributed by atoms with Crippen molar-refractivity contribution in [2.75, 3.05) is 44.0 Å². The van der Waals surface area contributed by atoms with Gasteiger partial charge in [-0.15, -0.1) is 11.3 Å². The van der Waals surface area contributed by atoms with Crippen molar-refractivity contribution in [3.05, 3.63) is 55.9 Å². The fourth-order valence-corrected chi connectivity index (χ4v) is 5.30. The number of thiazole rings is 1. The maximum absolute atomic E-state index is 13.6. The molecule has 0 radical (unpaired) electrons. The molecule has 0 bridgehead atoms. The number of nitrogens with zero attached hydrogens (tertiary/aromatic N) is 4. The monoisotopic (exact) mass is 488 g/mol. The molecule has 176 valence electrons. The van der Waals surface area contributed by atoms with E-state index >= 15 is 0 Å². The maximum Gasteiger partial charge on any atom is 0.277 e. The Labute approximate surface area is 202 Å². The number of benzene rings is 1. The van der Waals surface area contributed by atoms with Crippen LogP contribution in [0.2, 0.25) is 5.02 Å². The first-order valence-electron chi connectivity index (χ1n) is 10.8. The zero-order valence-corrected chi connectivity index (χ0v) is 21.0. The first kappa shape index (κ1) is 23.7. The second kappa shape index (κ2) is 9.42. The molecule has 1 aliphatic heterocycles. The Morgan fingerprint density at radius 1 is 1.42 bits per heavy atom. The van der Waals surface area contributed by atoms with Gasteiger partial charge in [-0.05, 0) is 32.0 Å². The van der Waals surface area contributed by atoms with Crippen LogP contribution >= 0.6 is 22.9 Å². The molecule has 2 N–H and O–H groups in total. The van der Waals surface area contributed by atoms with E-state index in [1.54, 1.807) is 29.1 Å². The van der Waals surface area contributed by atoms with Gasteiger partial charge in [0, 0.05) is 63.7 Å². The van der Waals surface area contributed by atoms with Crippen molar-refractivity contribution in [1.82, 2.24) is 19.9 Å². The first-order chi connectivity index (χ1) is 15.8. The number of nitrogens with one attached hydrogen (secondary N) is 2. The molecule has 3 aromatic rings. The van der Waals surface area contributed by atoms with Crippen LogP contribution in [0.3, 0.4) is 0 Å². The molecule has 10 heteroatoms. The van der Waals surface area contributed by atoms with Crippen molar-refractivity contribution in [3.8, 4) is 11.4 Å². The lowest BCUT2D eigenvalue weighted by atomic mass is 9.95. The Morgan fingerprint density at radius 2 is 2.21 bits per heavy atom. The molecular weight excluding hydrogens is 460 g/mol. The van der Waals surface area contributed by atoms with Crippen molar-refractivity contribution < 1.29 is 4.74 Å². The molecule has 2 aromatic heterocycles. The molecule has 1 aliphatic rings. The van der Waals surface area contributed by atoms with Gasteiger partial charge in [0.05, 0.1) is 10.7 Å². The topological polar surface area (TPSA) is 84.3 Å². The Morgan fingerprint density at radius 3 is 2.85 bits per heavy atom. The normalized spacial score (nSPS) is 20.2. The predicted molar refractivity (Wildman–Crippen MR) is 135 cm³/mol. The number of halogens is 1. The van der Waals surface area contributed by atoms with Crippen molar-refractivity contribution in [2.45, 2.75) is 25.5 Å². The van der Waals surface area contributed by atoms with Crippen LogP contribution in [0.5, 0.6) is 0 Å². The molecule has 0 aliphatic carbocycles. The van der Waals surface area contributed by atoms with Crippen LogP contribution in [0, 0.1) is 6.92 Å². The lowest BCUT2D eigenvalue weighted by molar-refractivity contribution is 0.0396. The number of anilines is 2. The standard InChI is InChI=1S/C23H29ClN6O2S/c1-6-32-18-12-25-13-23(18,22-26-9-10-33-22)28-19-14(2)27-20(30(5)21(19)31)16-8-7-15(29(3)4)11-17(16)24/h7-11,18,25,28H,6,12-13H2,1-5H3/t18-,23+/m0/s1. The van der Waals surface area contributed by atoms with Crippen molar-refractivity contribution in [3.63, 3.8) is 0 Å². The number of aromatic nitrogens is 3. The molecule has 1 fully saturated rings. The molecule has 2 atom stereocenters. The van der Waals surface area contributed by atoms with E-state index in [4.69, 9.17) is 21.3 Å². The van der Waals surface area contributed by atoms with Crippen LogP contribution < -0.4 is 21.1 Å². The largest absolute Gasteiger partial charge is 0.378 e. The summed E-state index contributed by atoms with van der Waals surface area (Å²) >= 11 is 8.12. The Hall–Kier alpha value is -2.46. The van der Waals surface area contributed by atoms with Gasteiger partial charge in [0.2, 0.25) is 0 Å². The van der Waals surface area contributed by atoms with Crippen molar-refractivity contribution in [2.24, 2.45) is 7.05 Å². The Bertz CT molecular complexity index is 1200. The molecule has 3 heterocycles. The lowest BCUT2D eigenvalue weighted by Gasteiger charge is -2.34. The molecule has 0 saturated carbocycles. The van der Waals surface area contributed by atoms with E-state index in [1.165, 1.54) is 0 Å². The summed E-state index contributed by atoms with van der Waals surface area (Å²) < 4.78 is 7.60. The molecule has 33 heavy (non-hydrogen) atoms. The average Bonchev–Trinajstić information content (AvgIpc) is 3.45. The number of hydrogen-bond donors (Lipinski definition) is 2. The number of aryl methyl sites for hydroxylation is 1. The summed E-state index contributed by atoms with van der Waals surface area (Å²) in [6.45, 7) is 5.63. The summed E-state index contributed by atoms with van der Waals surface area (Å²) in [4.78, 5) is 24.9. The third-order valence-corrected chi connectivity index (χ3v) is 7.26. The Kier molecular flexibility index (Phi) is 6.76. The van der Waals surface area contributed by atoms with Crippen LogP contribution in [0.25, 0.3) is 11.4 Å². The SMILES string of the molecule is CCO[C@H]1CNC[C@]1(Nc1c(C)nc(-c2ccc(N(C)C)cc2Cl)n(C)c1=O)c1nccs1. The van der Waals surface area contributed by atoms with Gasteiger partial charge in [-0.1, -0.05) is 11.6 Å². The van der Waals surface area contributed by atoms with Gasteiger partial charge in [-0.2, -0.15) is 0 Å². The third-order valence-electron chi connectivity index (χ3n) is 5.99. The van der Waals surface area contributed by atoms with E-state index in [0.29, 0.717) is 47.5 Å². The second-order valence-corrected chi connectivity index (χ2v) is 9.63. The number of ether oxygens (including phenoxy) is 1. The van der Waals surface area contributed by atoms with Crippen molar-refractivity contribution >= 4 is 34.3 Å². The van der Waals surface area contributed by atoms with E-state index in [0.717, 1.165) is 10.7 Å². The van der Waals surface area contributed by atoms with Crippen LogP contribution in [-0.2, 0) is 17.3 Å². The van der Waals surface area contributed by atoms with Gasteiger partial charge < -0.3 is 20.3 Å². The molecule has 0 spiro atoms. The number of hydrogen-bond acceptors (Lipinski definition) is 8. The van der Waals surface area contributed by atoms with Crippen LogP contribution in [0.4, 0.5) is 11.4 Å². The highest BCUT2D eigenvalue weighted by molar-refractivity contribution is 7.09. The molecular formula is C23H29ClN6O2S. The molecule has 1 aromatic carbocycles. The van der Waals surface area contributed by atoms with Crippen LogP contribution in [0.1, 0.15) is 17.6 Å². The zero-order chi connectivity index (χ0) is 23.8. The average molecular weight is 489 g/mol. The van der Waals surface area contributed by atoms with Crippen molar-refractivity contribution in [1.29, 1.82) is 0 Å². The fourth-order valence-electron chi connectivity index (χ4n) is 4.21. The van der Waals surface area contributed by atoms with Crippen LogP contribution in [0.15, 0.2) is 34.6 Å². The first-order valence-corrected chi connectivity index (χ1v) is 12.1. The third kappa shape index (κ3) is 4.26. The molecule has 8 nitrogen and oxygen atoms in total. The molecule has 0 unspecified atom stereocenters. The maximum atomic E-state index is 13.6. The van der Waals surface area contributed by atoms with Gasteiger partial charge in [0.25, 0.3) is 5.56 Å². The summed E-state index contributed by atoms with van der Waals surface area (Å²) in [7, 11) is 5.62. The quantitative estimate of drug-likeness (QED) is 0.528. The van der Waals surface area contributed by atoms with E-state index in [2.05, 4.69) is 15.6 Å². The highest BCUT2D eigenvalue weighted by atomic mass is 35.5. The second-order valence-electron chi connectivity index (χ2n) is 8.33. The minimum Gasteiger partial charge on any atom is -0.378 e. The van der Waals surface area contributed by atoms with Gasteiger partial charge in [0.1, 0.15) is 28.2 Å². The fraction of sp³-hybridized carbons (Fsp3) is 0.435. The minimum atomic E-state index is -0.657. The summed E-state index contributed by atoms with van der Waals surface area (Å²) in [5.74, 6) is 0.521. The molecule has 4 rings (SSSR count). The van der Waals surface area contributed by atoms with Gasteiger partial charge >= 0.3 is 0 Å². The molecule has 0 amide bonds. The van der Waals surface area contributed by atoms with E-state index < -0.39 is 5.54 Å². The minimum absolute atomic E-state index is 0.176. The summed E-state index contributed by atoms with van der Waals surface area (Å²) in [6, 6.07) is 5.73. The Balaban J connectivity index is 1.79. The lowest BCUT2D eigenvalue weighted by Crippen LogP contribution is -2.49. The van der Waals surface area contributed by atoms with Gasteiger partial charge in [-0.25, -0.2) is 9.97 Å².